The van der Waals surface area contributed by atoms with Crippen molar-refractivity contribution >= 4 is 11.9 Å². The van der Waals surface area contributed by atoms with Crippen molar-refractivity contribution in [2.75, 3.05) is 13.1 Å². The first kappa shape index (κ1) is 10.8. The lowest BCUT2D eigenvalue weighted by Gasteiger charge is -2.16. The number of hydrogen-bond donors (Lipinski definition) is 1. The van der Waals surface area contributed by atoms with E-state index in [9.17, 15) is 14.7 Å². The number of hydrogen-bond acceptors (Lipinski definition) is 2. The zero-order valence-electron chi connectivity index (χ0n) is 10.5. The maximum atomic E-state index is 12.4. The lowest BCUT2D eigenvalue weighted by Crippen LogP contribution is -2.31. The van der Waals surface area contributed by atoms with Gasteiger partial charge in [-0.1, -0.05) is 0 Å². The van der Waals surface area contributed by atoms with Crippen LogP contribution in [0.3, 0.4) is 0 Å². The molecule has 0 aromatic carbocycles. The quantitative estimate of drug-likeness (QED) is 0.821. The Balaban J connectivity index is 1.46. The summed E-state index contributed by atoms with van der Waals surface area (Å²) in [5.41, 5.74) is 0.382. The molecule has 4 fully saturated rings. The average molecular weight is 249 g/mol. The molecule has 4 rings (SSSR count). The van der Waals surface area contributed by atoms with Crippen LogP contribution >= 0.6 is 0 Å². The third-order valence-electron chi connectivity index (χ3n) is 5.60. The van der Waals surface area contributed by atoms with E-state index >= 15 is 0 Å². The van der Waals surface area contributed by atoms with Gasteiger partial charge in [-0.3, -0.25) is 9.59 Å². The summed E-state index contributed by atoms with van der Waals surface area (Å²) in [6, 6.07) is 0. The number of carbonyl (C=O) groups excluding carboxylic acids is 1. The van der Waals surface area contributed by atoms with Gasteiger partial charge in [0, 0.05) is 19.0 Å². The molecule has 1 saturated heterocycles. The number of amides is 1. The number of aliphatic carboxylic acids is 1. The number of likely N-dealkylation sites (tertiary alicyclic amines) is 1. The molecule has 98 valence electrons. The molecule has 18 heavy (non-hydrogen) atoms. The number of rotatable bonds is 3. The van der Waals surface area contributed by atoms with E-state index in [4.69, 9.17) is 0 Å². The first-order valence-electron chi connectivity index (χ1n) is 7.12. The maximum absolute atomic E-state index is 12.4. The molecule has 1 unspecified atom stereocenters. The minimum absolute atomic E-state index is 0.223. The van der Waals surface area contributed by atoms with Crippen LogP contribution in [-0.2, 0) is 9.59 Å². The molecule has 1 aliphatic heterocycles. The SMILES string of the molecule is O=C(O)[C@H]1CN(C(=O)C2CC23CC3)C[C@@H]1C1CC1. The number of carboxylic acids is 1. The molecular formula is C14H19NO3. The highest BCUT2D eigenvalue weighted by Crippen LogP contribution is 2.71. The van der Waals surface area contributed by atoms with Gasteiger partial charge < -0.3 is 10.0 Å². The van der Waals surface area contributed by atoms with Crippen LogP contribution in [0, 0.1) is 29.1 Å². The Bertz CT molecular complexity index is 425. The van der Waals surface area contributed by atoms with Gasteiger partial charge in [0.1, 0.15) is 0 Å². The second-order valence-corrected chi connectivity index (χ2v) is 6.81. The van der Waals surface area contributed by atoms with E-state index in [1.807, 2.05) is 4.90 Å². The first-order valence-corrected chi connectivity index (χ1v) is 7.12. The summed E-state index contributed by atoms with van der Waals surface area (Å²) in [7, 11) is 0. The Hall–Kier alpha value is -1.06. The molecule has 0 aromatic rings. The third kappa shape index (κ3) is 1.50. The average Bonchev–Trinajstić information content (AvgIpc) is 3.23. The van der Waals surface area contributed by atoms with E-state index in [-0.39, 0.29) is 23.7 Å². The van der Waals surface area contributed by atoms with Gasteiger partial charge in [-0.15, -0.1) is 0 Å². The van der Waals surface area contributed by atoms with Gasteiger partial charge in [-0.25, -0.2) is 0 Å². The van der Waals surface area contributed by atoms with E-state index in [2.05, 4.69) is 0 Å². The Morgan fingerprint density at radius 2 is 1.89 bits per heavy atom. The monoisotopic (exact) mass is 249 g/mol. The molecule has 4 aliphatic rings. The van der Waals surface area contributed by atoms with Crippen molar-refractivity contribution in [2.24, 2.45) is 29.1 Å². The number of carboxylic acid groups (broad SMARTS) is 1. The summed E-state index contributed by atoms with van der Waals surface area (Å²) in [5.74, 6) is 0.264. The number of nitrogens with zero attached hydrogens (tertiary/aromatic N) is 1. The van der Waals surface area contributed by atoms with Crippen LogP contribution in [0.5, 0.6) is 0 Å². The summed E-state index contributed by atoms with van der Waals surface area (Å²) in [4.78, 5) is 25.5. The summed E-state index contributed by atoms with van der Waals surface area (Å²) in [6.07, 6.45) is 5.80. The minimum Gasteiger partial charge on any atom is -0.481 e. The summed E-state index contributed by atoms with van der Waals surface area (Å²) >= 11 is 0. The Labute approximate surface area is 106 Å². The summed E-state index contributed by atoms with van der Waals surface area (Å²) in [5, 5.41) is 9.29. The van der Waals surface area contributed by atoms with Crippen LogP contribution in [0.25, 0.3) is 0 Å². The van der Waals surface area contributed by atoms with Crippen molar-refractivity contribution in [1.29, 1.82) is 0 Å². The van der Waals surface area contributed by atoms with Gasteiger partial charge in [-0.2, -0.15) is 0 Å². The fourth-order valence-electron chi connectivity index (χ4n) is 3.90. The third-order valence-corrected chi connectivity index (χ3v) is 5.60. The zero-order chi connectivity index (χ0) is 12.5. The highest BCUT2D eigenvalue weighted by atomic mass is 16.4. The van der Waals surface area contributed by atoms with Crippen molar-refractivity contribution in [1.82, 2.24) is 4.90 Å². The minimum atomic E-state index is -0.709. The van der Waals surface area contributed by atoms with Crippen LogP contribution < -0.4 is 0 Å². The lowest BCUT2D eigenvalue weighted by atomic mass is 9.92. The van der Waals surface area contributed by atoms with E-state index in [0.29, 0.717) is 24.4 Å². The van der Waals surface area contributed by atoms with Crippen LogP contribution in [0.4, 0.5) is 0 Å². The van der Waals surface area contributed by atoms with Crippen molar-refractivity contribution in [3.63, 3.8) is 0 Å². The molecular weight excluding hydrogens is 230 g/mol. The molecule has 0 bridgehead atoms. The normalized spacial score (nSPS) is 40.0. The number of carbonyl (C=O) groups is 2. The summed E-state index contributed by atoms with van der Waals surface area (Å²) < 4.78 is 0. The molecule has 0 aromatic heterocycles. The molecule has 1 heterocycles. The van der Waals surface area contributed by atoms with Crippen molar-refractivity contribution in [3.05, 3.63) is 0 Å². The smallest absolute Gasteiger partial charge is 0.308 e. The van der Waals surface area contributed by atoms with E-state index < -0.39 is 5.97 Å². The van der Waals surface area contributed by atoms with Crippen LogP contribution in [0.2, 0.25) is 0 Å². The molecule has 1 spiro atoms. The molecule has 0 radical (unpaired) electrons. The second kappa shape index (κ2) is 3.28. The van der Waals surface area contributed by atoms with Gasteiger partial charge in [0.15, 0.2) is 0 Å². The lowest BCUT2D eigenvalue weighted by molar-refractivity contribution is -0.142. The molecule has 3 aliphatic carbocycles. The van der Waals surface area contributed by atoms with E-state index in [1.165, 1.54) is 12.8 Å². The molecule has 1 amide bonds. The molecule has 4 nitrogen and oxygen atoms in total. The fraction of sp³-hybridized carbons (Fsp3) is 0.857. The molecule has 3 atom stereocenters. The van der Waals surface area contributed by atoms with Gasteiger partial charge >= 0.3 is 5.97 Å². The summed E-state index contributed by atoms with van der Waals surface area (Å²) in [6.45, 7) is 1.16. The maximum Gasteiger partial charge on any atom is 0.308 e. The molecule has 4 heteroatoms. The van der Waals surface area contributed by atoms with Gasteiger partial charge in [-0.05, 0) is 49.4 Å². The van der Waals surface area contributed by atoms with Crippen molar-refractivity contribution in [3.8, 4) is 0 Å². The van der Waals surface area contributed by atoms with Gasteiger partial charge in [0.25, 0.3) is 0 Å². The Morgan fingerprint density at radius 1 is 1.17 bits per heavy atom. The molecule has 1 N–H and O–H groups in total. The van der Waals surface area contributed by atoms with Crippen LogP contribution in [0.1, 0.15) is 32.1 Å². The van der Waals surface area contributed by atoms with Crippen LogP contribution in [-0.4, -0.2) is 35.0 Å². The highest BCUT2D eigenvalue weighted by Gasteiger charge is 2.67. The molecule has 3 saturated carbocycles. The van der Waals surface area contributed by atoms with Crippen molar-refractivity contribution < 1.29 is 14.7 Å². The first-order chi connectivity index (χ1) is 8.61. The van der Waals surface area contributed by atoms with Crippen LogP contribution in [0.15, 0.2) is 0 Å². The fourth-order valence-corrected chi connectivity index (χ4v) is 3.90. The van der Waals surface area contributed by atoms with Gasteiger partial charge in [0.05, 0.1) is 5.92 Å². The standard InChI is InChI=1S/C14H19NO3/c16-12(11-5-14(11)3-4-14)15-6-9(8-1-2-8)10(7-15)13(17)18/h8-11H,1-7H2,(H,17,18)/t9-,10+,11?/m1/s1. The largest absolute Gasteiger partial charge is 0.481 e. The zero-order valence-corrected chi connectivity index (χ0v) is 10.5. The van der Waals surface area contributed by atoms with Gasteiger partial charge in [0.2, 0.25) is 5.91 Å². The Kier molecular flexibility index (Phi) is 1.97. The topological polar surface area (TPSA) is 57.6 Å². The predicted molar refractivity (Wildman–Crippen MR) is 63.7 cm³/mol. The Morgan fingerprint density at radius 3 is 2.39 bits per heavy atom. The highest BCUT2D eigenvalue weighted by molar-refractivity contribution is 5.85. The second-order valence-electron chi connectivity index (χ2n) is 6.81. The van der Waals surface area contributed by atoms with Crippen molar-refractivity contribution in [2.45, 2.75) is 32.1 Å². The van der Waals surface area contributed by atoms with E-state index in [0.717, 1.165) is 19.3 Å². The predicted octanol–water partition coefficient (Wildman–Crippen LogP) is 1.36. The van der Waals surface area contributed by atoms with E-state index in [1.54, 1.807) is 0 Å².